The van der Waals surface area contributed by atoms with Crippen LogP contribution in [0.5, 0.6) is 0 Å². The van der Waals surface area contributed by atoms with Gasteiger partial charge in [0.2, 0.25) is 10.0 Å². The Morgan fingerprint density at radius 2 is 1.79 bits per heavy atom. The summed E-state index contributed by atoms with van der Waals surface area (Å²) in [6.45, 7) is 6.23. The number of benzene rings is 1. The van der Waals surface area contributed by atoms with Gasteiger partial charge in [0, 0.05) is 6.54 Å². The number of aryl methyl sites for hydroxylation is 1. The molecule has 108 valence electrons. The molecule has 5 heteroatoms. The lowest BCUT2D eigenvalue weighted by atomic mass is 10.2. The number of sulfonamides is 1. The highest BCUT2D eigenvalue weighted by atomic mass is 32.2. The molecule has 0 bridgehead atoms. The summed E-state index contributed by atoms with van der Waals surface area (Å²) in [4.78, 5) is 0. The Kier molecular flexibility index (Phi) is 7.05. The van der Waals surface area contributed by atoms with Crippen molar-refractivity contribution in [3.05, 3.63) is 35.4 Å². The molecule has 0 aliphatic heterocycles. The maximum atomic E-state index is 11.8. The van der Waals surface area contributed by atoms with Crippen molar-refractivity contribution in [2.45, 2.75) is 33.2 Å². The van der Waals surface area contributed by atoms with E-state index in [0.29, 0.717) is 13.0 Å². The summed E-state index contributed by atoms with van der Waals surface area (Å²) in [7, 11) is -3.15. The average molecular weight is 284 g/mol. The highest BCUT2D eigenvalue weighted by Gasteiger charge is 2.09. The molecule has 0 saturated carbocycles. The Hall–Kier alpha value is -0.910. The van der Waals surface area contributed by atoms with Gasteiger partial charge in [-0.25, -0.2) is 13.1 Å². The minimum Gasteiger partial charge on any atom is -0.317 e. The summed E-state index contributed by atoms with van der Waals surface area (Å²) in [6.07, 6.45) is 1.58. The standard InChI is InChI=1S/C14H24N2O2S/c1-3-15-10-4-5-11-19(17,18)16-12-14-8-6-13(2)7-9-14/h6-9,15-16H,3-5,10-12H2,1-2H3. The third kappa shape index (κ3) is 7.30. The Labute approximate surface area is 116 Å². The second-order valence-electron chi connectivity index (χ2n) is 4.69. The summed E-state index contributed by atoms with van der Waals surface area (Å²) in [5.74, 6) is 0.199. The summed E-state index contributed by atoms with van der Waals surface area (Å²) < 4.78 is 26.2. The van der Waals surface area contributed by atoms with Crippen LogP contribution in [0.3, 0.4) is 0 Å². The Morgan fingerprint density at radius 3 is 2.42 bits per heavy atom. The van der Waals surface area contributed by atoms with E-state index < -0.39 is 10.0 Å². The lowest BCUT2D eigenvalue weighted by Crippen LogP contribution is -2.26. The molecule has 0 fully saturated rings. The number of unbranched alkanes of at least 4 members (excludes halogenated alkanes) is 1. The van der Waals surface area contributed by atoms with Gasteiger partial charge >= 0.3 is 0 Å². The minimum absolute atomic E-state index is 0.199. The lowest BCUT2D eigenvalue weighted by Gasteiger charge is -2.07. The molecule has 1 aromatic rings. The molecule has 0 aromatic heterocycles. The third-order valence-corrected chi connectivity index (χ3v) is 4.29. The fourth-order valence-corrected chi connectivity index (χ4v) is 2.81. The summed E-state index contributed by atoms with van der Waals surface area (Å²) in [5, 5.41) is 3.18. The fourth-order valence-electron chi connectivity index (χ4n) is 1.69. The normalized spacial score (nSPS) is 11.7. The summed E-state index contributed by atoms with van der Waals surface area (Å²) in [5.41, 5.74) is 2.16. The molecular weight excluding hydrogens is 260 g/mol. The third-order valence-electron chi connectivity index (χ3n) is 2.88. The van der Waals surface area contributed by atoms with Crippen LogP contribution in [0.25, 0.3) is 0 Å². The minimum atomic E-state index is -3.15. The van der Waals surface area contributed by atoms with Crippen molar-refractivity contribution in [2.75, 3.05) is 18.8 Å². The molecule has 2 N–H and O–H groups in total. The van der Waals surface area contributed by atoms with Gasteiger partial charge in [-0.2, -0.15) is 0 Å². The van der Waals surface area contributed by atoms with Crippen molar-refractivity contribution in [2.24, 2.45) is 0 Å². The maximum absolute atomic E-state index is 11.8. The molecule has 0 saturated heterocycles. The zero-order valence-corrected chi connectivity index (χ0v) is 12.6. The second kappa shape index (κ2) is 8.30. The van der Waals surface area contributed by atoms with Crippen LogP contribution in [0.1, 0.15) is 30.9 Å². The zero-order valence-electron chi connectivity index (χ0n) is 11.8. The molecular formula is C14H24N2O2S. The Bertz CT molecular complexity index is 455. The van der Waals surface area contributed by atoms with Gasteiger partial charge in [-0.15, -0.1) is 0 Å². The topological polar surface area (TPSA) is 58.2 Å². The summed E-state index contributed by atoms with van der Waals surface area (Å²) >= 11 is 0. The fraction of sp³-hybridized carbons (Fsp3) is 0.571. The van der Waals surface area contributed by atoms with Crippen LogP contribution in [-0.2, 0) is 16.6 Å². The van der Waals surface area contributed by atoms with Gasteiger partial charge in [-0.05, 0) is 38.4 Å². The Balaban J connectivity index is 2.28. The van der Waals surface area contributed by atoms with E-state index in [1.165, 1.54) is 5.56 Å². The first-order valence-corrected chi connectivity index (χ1v) is 8.42. The van der Waals surface area contributed by atoms with Crippen molar-refractivity contribution in [1.29, 1.82) is 0 Å². The van der Waals surface area contributed by atoms with Crippen LogP contribution >= 0.6 is 0 Å². The van der Waals surface area contributed by atoms with Crippen LogP contribution in [0.2, 0.25) is 0 Å². The number of hydrogen-bond donors (Lipinski definition) is 2. The molecule has 0 spiro atoms. The highest BCUT2D eigenvalue weighted by molar-refractivity contribution is 7.89. The van der Waals surface area contributed by atoms with Crippen molar-refractivity contribution >= 4 is 10.0 Å². The molecule has 0 radical (unpaired) electrons. The monoisotopic (exact) mass is 284 g/mol. The van der Waals surface area contributed by atoms with Crippen LogP contribution in [-0.4, -0.2) is 27.3 Å². The SMILES string of the molecule is CCNCCCCS(=O)(=O)NCc1ccc(C)cc1. The summed E-state index contributed by atoms with van der Waals surface area (Å²) in [6, 6.07) is 7.87. The molecule has 1 rings (SSSR count). The average Bonchev–Trinajstić information content (AvgIpc) is 2.38. The van der Waals surface area contributed by atoms with E-state index in [4.69, 9.17) is 0 Å². The van der Waals surface area contributed by atoms with Gasteiger partial charge in [-0.1, -0.05) is 36.8 Å². The Morgan fingerprint density at radius 1 is 1.11 bits per heavy atom. The number of rotatable bonds is 9. The molecule has 1 aromatic carbocycles. The molecule has 0 unspecified atom stereocenters. The van der Waals surface area contributed by atoms with Gasteiger partial charge < -0.3 is 5.32 Å². The first-order chi connectivity index (χ1) is 9.03. The lowest BCUT2D eigenvalue weighted by molar-refractivity contribution is 0.574. The molecule has 0 heterocycles. The van der Waals surface area contributed by atoms with Crippen LogP contribution < -0.4 is 10.0 Å². The van der Waals surface area contributed by atoms with Gasteiger partial charge in [0.1, 0.15) is 0 Å². The maximum Gasteiger partial charge on any atom is 0.211 e. The van der Waals surface area contributed by atoms with Gasteiger partial charge in [0.25, 0.3) is 0 Å². The van der Waals surface area contributed by atoms with E-state index in [-0.39, 0.29) is 5.75 Å². The molecule has 0 amide bonds. The van der Waals surface area contributed by atoms with Gasteiger partial charge in [0.05, 0.1) is 5.75 Å². The smallest absolute Gasteiger partial charge is 0.211 e. The van der Waals surface area contributed by atoms with Crippen molar-refractivity contribution < 1.29 is 8.42 Å². The van der Waals surface area contributed by atoms with Crippen molar-refractivity contribution in [3.8, 4) is 0 Å². The van der Waals surface area contributed by atoms with Crippen LogP contribution in [0.4, 0.5) is 0 Å². The molecule has 4 nitrogen and oxygen atoms in total. The quantitative estimate of drug-likeness (QED) is 0.680. The molecule has 19 heavy (non-hydrogen) atoms. The van der Waals surface area contributed by atoms with Gasteiger partial charge in [-0.3, -0.25) is 0 Å². The molecule has 0 aliphatic carbocycles. The predicted octanol–water partition coefficient (Wildman–Crippen LogP) is 1.80. The van der Waals surface area contributed by atoms with Crippen molar-refractivity contribution in [3.63, 3.8) is 0 Å². The van der Waals surface area contributed by atoms with Crippen LogP contribution in [0.15, 0.2) is 24.3 Å². The molecule has 0 atom stereocenters. The van der Waals surface area contributed by atoms with E-state index in [9.17, 15) is 8.42 Å². The second-order valence-corrected chi connectivity index (χ2v) is 6.61. The highest BCUT2D eigenvalue weighted by Crippen LogP contribution is 2.03. The predicted molar refractivity (Wildman–Crippen MR) is 79.6 cm³/mol. The number of hydrogen-bond acceptors (Lipinski definition) is 3. The number of nitrogens with one attached hydrogen (secondary N) is 2. The van der Waals surface area contributed by atoms with Crippen molar-refractivity contribution in [1.82, 2.24) is 10.0 Å². The first-order valence-electron chi connectivity index (χ1n) is 6.77. The van der Waals surface area contributed by atoms with E-state index >= 15 is 0 Å². The van der Waals surface area contributed by atoms with Crippen LogP contribution in [0, 0.1) is 6.92 Å². The van der Waals surface area contributed by atoms with E-state index in [1.807, 2.05) is 38.1 Å². The first kappa shape index (κ1) is 16.1. The van der Waals surface area contributed by atoms with Gasteiger partial charge in [0.15, 0.2) is 0 Å². The zero-order chi connectivity index (χ0) is 14.1. The largest absolute Gasteiger partial charge is 0.317 e. The van der Waals surface area contributed by atoms with E-state index in [2.05, 4.69) is 10.0 Å². The molecule has 0 aliphatic rings. The van der Waals surface area contributed by atoms with E-state index in [1.54, 1.807) is 0 Å². The van der Waals surface area contributed by atoms with E-state index in [0.717, 1.165) is 25.1 Å².